The van der Waals surface area contributed by atoms with E-state index in [1.807, 2.05) is 6.92 Å². The van der Waals surface area contributed by atoms with Gasteiger partial charge in [-0.05, 0) is 49.8 Å². The van der Waals surface area contributed by atoms with Gasteiger partial charge in [-0.2, -0.15) is 0 Å². The molecule has 0 radical (unpaired) electrons. The van der Waals surface area contributed by atoms with E-state index in [1.54, 1.807) is 0 Å². The molecule has 3 nitrogen and oxygen atoms in total. The molecular formula is C17H23NO2. The summed E-state index contributed by atoms with van der Waals surface area (Å²) in [6.07, 6.45) is 4.73. The van der Waals surface area contributed by atoms with Gasteiger partial charge in [0, 0.05) is 12.6 Å². The van der Waals surface area contributed by atoms with Crippen LogP contribution in [0.15, 0.2) is 24.3 Å². The summed E-state index contributed by atoms with van der Waals surface area (Å²) < 4.78 is 0. The third-order valence-electron chi connectivity index (χ3n) is 5.28. The van der Waals surface area contributed by atoms with Gasteiger partial charge in [0.15, 0.2) is 0 Å². The lowest BCUT2D eigenvalue weighted by molar-refractivity contribution is -0.153. The molecule has 1 aliphatic carbocycles. The maximum absolute atomic E-state index is 11.7. The number of hydrogen-bond acceptors (Lipinski definition) is 2. The van der Waals surface area contributed by atoms with Gasteiger partial charge >= 0.3 is 5.97 Å². The Morgan fingerprint density at radius 1 is 1.35 bits per heavy atom. The number of benzene rings is 1. The van der Waals surface area contributed by atoms with E-state index in [0.717, 1.165) is 45.2 Å². The van der Waals surface area contributed by atoms with Gasteiger partial charge in [0.25, 0.3) is 0 Å². The first-order valence-electron chi connectivity index (χ1n) is 7.69. The summed E-state index contributed by atoms with van der Waals surface area (Å²) in [6, 6.07) is 9.13. The number of rotatable bonds is 3. The number of carboxylic acids is 1. The van der Waals surface area contributed by atoms with Gasteiger partial charge in [-0.1, -0.05) is 31.2 Å². The molecular weight excluding hydrogens is 250 g/mol. The summed E-state index contributed by atoms with van der Waals surface area (Å²) in [5.41, 5.74) is 2.37. The second-order valence-corrected chi connectivity index (χ2v) is 6.34. The SMILES string of the molecule is CCC1(C(=O)O)CCCN(C2Cc3ccccc3C2)C1. The van der Waals surface area contributed by atoms with Crippen LogP contribution < -0.4 is 0 Å². The van der Waals surface area contributed by atoms with Crippen LogP contribution in [0.3, 0.4) is 0 Å². The highest BCUT2D eigenvalue weighted by Gasteiger charge is 2.43. The van der Waals surface area contributed by atoms with Crippen molar-refractivity contribution in [3.05, 3.63) is 35.4 Å². The third kappa shape index (κ3) is 2.24. The van der Waals surface area contributed by atoms with Crippen molar-refractivity contribution in [2.75, 3.05) is 13.1 Å². The molecule has 2 aliphatic rings. The first-order valence-corrected chi connectivity index (χ1v) is 7.69. The Balaban J connectivity index is 1.75. The van der Waals surface area contributed by atoms with E-state index >= 15 is 0 Å². The number of piperidine rings is 1. The summed E-state index contributed by atoms with van der Waals surface area (Å²) in [6.45, 7) is 3.78. The van der Waals surface area contributed by atoms with Crippen LogP contribution in [0, 0.1) is 5.41 Å². The van der Waals surface area contributed by atoms with Gasteiger partial charge < -0.3 is 5.11 Å². The number of carboxylic acid groups (broad SMARTS) is 1. The monoisotopic (exact) mass is 273 g/mol. The van der Waals surface area contributed by atoms with Crippen molar-refractivity contribution in [1.29, 1.82) is 0 Å². The van der Waals surface area contributed by atoms with Crippen molar-refractivity contribution in [1.82, 2.24) is 4.90 Å². The Bertz CT molecular complexity index is 488. The van der Waals surface area contributed by atoms with Crippen LogP contribution in [0.4, 0.5) is 0 Å². The molecule has 1 heterocycles. The average molecular weight is 273 g/mol. The molecule has 1 N–H and O–H groups in total. The number of hydrogen-bond donors (Lipinski definition) is 1. The second kappa shape index (κ2) is 5.21. The summed E-state index contributed by atoms with van der Waals surface area (Å²) in [5.74, 6) is -0.611. The number of fused-ring (bicyclic) bond motifs is 1. The minimum absolute atomic E-state index is 0.498. The van der Waals surface area contributed by atoms with Crippen LogP contribution in [-0.2, 0) is 17.6 Å². The molecule has 1 aromatic rings. The maximum Gasteiger partial charge on any atom is 0.310 e. The molecule has 3 rings (SSSR count). The lowest BCUT2D eigenvalue weighted by Crippen LogP contribution is -2.51. The lowest BCUT2D eigenvalue weighted by Gasteiger charge is -2.42. The van der Waals surface area contributed by atoms with Gasteiger partial charge in [0.1, 0.15) is 0 Å². The normalized spacial score (nSPS) is 27.4. The zero-order valence-electron chi connectivity index (χ0n) is 12.1. The van der Waals surface area contributed by atoms with Gasteiger partial charge in [0.05, 0.1) is 5.41 Å². The lowest BCUT2D eigenvalue weighted by atomic mass is 9.77. The first kappa shape index (κ1) is 13.6. The van der Waals surface area contributed by atoms with Crippen LogP contribution in [0.5, 0.6) is 0 Å². The number of likely N-dealkylation sites (tertiary alicyclic amines) is 1. The van der Waals surface area contributed by atoms with Crippen molar-refractivity contribution >= 4 is 5.97 Å². The van der Waals surface area contributed by atoms with E-state index in [1.165, 1.54) is 11.1 Å². The molecule has 0 spiro atoms. The molecule has 3 heteroatoms. The molecule has 1 aromatic carbocycles. The summed E-state index contributed by atoms with van der Waals surface area (Å²) in [4.78, 5) is 14.1. The molecule has 0 amide bonds. The topological polar surface area (TPSA) is 40.5 Å². The molecule has 1 saturated heterocycles. The molecule has 0 aromatic heterocycles. The molecule has 0 saturated carbocycles. The molecule has 1 aliphatic heterocycles. The number of carbonyl (C=O) groups is 1. The molecule has 1 unspecified atom stereocenters. The molecule has 0 bridgehead atoms. The average Bonchev–Trinajstić information content (AvgIpc) is 2.91. The van der Waals surface area contributed by atoms with Gasteiger partial charge in [0.2, 0.25) is 0 Å². The molecule has 20 heavy (non-hydrogen) atoms. The Morgan fingerprint density at radius 3 is 2.55 bits per heavy atom. The van der Waals surface area contributed by atoms with Gasteiger partial charge in [-0.25, -0.2) is 0 Å². The highest BCUT2D eigenvalue weighted by molar-refractivity contribution is 5.75. The molecule has 1 atom stereocenters. The fourth-order valence-electron chi connectivity index (χ4n) is 3.89. The summed E-state index contributed by atoms with van der Waals surface area (Å²) in [7, 11) is 0. The van der Waals surface area contributed by atoms with E-state index in [2.05, 4.69) is 29.2 Å². The minimum Gasteiger partial charge on any atom is -0.481 e. The maximum atomic E-state index is 11.7. The largest absolute Gasteiger partial charge is 0.481 e. The highest BCUT2D eigenvalue weighted by Crippen LogP contribution is 2.36. The third-order valence-corrected chi connectivity index (χ3v) is 5.28. The van der Waals surface area contributed by atoms with Crippen LogP contribution in [0.1, 0.15) is 37.3 Å². The summed E-state index contributed by atoms with van der Waals surface area (Å²) >= 11 is 0. The van der Waals surface area contributed by atoms with E-state index in [0.29, 0.717) is 6.04 Å². The quantitative estimate of drug-likeness (QED) is 0.920. The molecule has 108 valence electrons. The Morgan fingerprint density at radius 2 is 2.00 bits per heavy atom. The van der Waals surface area contributed by atoms with Gasteiger partial charge in [-0.15, -0.1) is 0 Å². The zero-order chi connectivity index (χ0) is 14.2. The standard InChI is InChI=1S/C17H23NO2/c1-2-17(16(19)20)8-5-9-18(12-17)15-10-13-6-3-4-7-14(13)11-15/h3-4,6-7,15H,2,5,8-12H2,1H3,(H,19,20). The van der Waals surface area contributed by atoms with E-state index < -0.39 is 11.4 Å². The predicted molar refractivity (Wildman–Crippen MR) is 78.8 cm³/mol. The first-order chi connectivity index (χ1) is 9.64. The van der Waals surface area contributed by atoms with Crippen LogP contribution in [0.25, 0.3) is 0 Å². The fraction of sp³-hybridized carbons (Fsp3) is 0.588. The van der Waals surface area contributed by atoms with E-state index in [-0.39, 0.29) is 0 Å². The van der Waals surface area contributed by atoms with Crippen LogP contribution >= 0.6 is 0 Å². The Kier molecular flexibility index (Phi) is 3.55. The van der Waals surface area contributed by atoms with Crippen molar-refractivity contribution in [3.63, 3.8) is 0 Å². The Labute approximate surface area is 120 Å². The van der Waals surface area contributed by atoms with Crippen molar-refractivity contribution in [2.45, 2.75) is 45.1 Å². The second-order valence-electron chi connectivity index (χ2n) is 6.34. The smallest absolute Gasteiger partial charge is 0.310 e. The van der Waals surface area contributed by atoms with Crippen LogP contribution in [0.2, 0.25) is 0 Å². The van der Waals surface area contributed by atoms with Gasteiger partial charge in [-0.3, -0.25) is 9.69 Å². The predicted octanol–water partition coefficient (Wildman–Crippen LogP) is 2.73. The number of nitrogens with zero attached hydrogens (tertiary/aromatic N) is 1. The van der Waals surface area contributed by atoms with E-state index in [4.69, 9.17) is 0 Å². The summed E-state index contributed by atoms with van der Waals surface area (Å²) in [5, 5.41) is 9.60. The fourth-order valence-corrected chi connectivity index (χ4v) is 3.89. The highest BCUT2D eigenvalue weighted by atomic mass is 16.4. The van der Waals surface area contributed by atoms with Crippen molar-refractivity contribution in [2.24, 2.45) is 5.41 Å². The zero-order valence-corrected chi connectivity index (χ0v) is 12.1. The Hall–Kier alpha value is -1.35. The minimum atomic E-state index is -0.611. The molecule has 1 fully saturated rings. The van der Waals surface area contributed by atoms with E-state index in [9.17, 15) is 9.90 Å². The van der Waals surface area contributed by atoms with Crippen molar-refractivity contribution < 1.29 is 9.90 Å². The van der Waals surface area contributed by atoms with Crippen LogP contribution in [-0.4, -0.2) is 35.1 Å². The number of aliphatic carboxylic acids is 1. The van der Waals surface area contributed by atoms with Crippen molar-refractivity contribution in [3.8, 4) is 0 Å².